The van der Waals surface area contributed by atoms with Crippen LogP contribution in [0.2, 0.25) is 0 Å². The minimum atomic E-state index is -0.525. The minimum absolute atomic E-state index is 0.164. The number of hydrazine groups is 1. The van der Waals surface area contributed by atoms with E-state index in [-0.39, 0.29) is 23.2 Å². The van der Waals surface area contributed by atoms with Crippen LogP contribution >= 0.6 is 0 Å². The van der Waals surface area contributed by atoms with Crippen LogP contribution in [0.4, 0.5) is 4.39 Å². The number of benzene rings is 1. The van der Waals surface area contributed by atoms with Gasteiger partial charge >= 0.3 is 0 Å². The number of hydrogen-bond donors (Lipinski definition) is 2. The van der Waals surface area contributed by atoms with Crippen LogP contribution < -0.4 is 10.9 Å². The van der Waals surface area contributed by atoms with Gasteiger partial charge in [0.15, 0.2) is 5.69 Å². The summed E-state index contributed by atoms with van der Waals surface area (Å²) >= 11 is 0. The van der Waals surface area contributed by atoms with E-state index in [4.69, 9.17) is 0 Å². The molecule has 0 saturated carbocycles. The molecule has 1 aromatic carbocycles. The molecule has 6 nitrogen and oxygen atoms in total. The molecule has 2 rings (SSSR count). The average Bonchev–Trinajstić information content (AvgIpc) is 2.89. The third kappa shape index (κ3) is 4.18. The molecule has 128 valence electrons. The van der Waals surface area contributed by atoms with Crippen LogP contribution in [0.5, 0.6) is 0 Å². The maximum absolute atomic E-state index is 13.5. The van der Waals surface area contributed by atoms with E-state index in [1.165, 1.54) is 12.1 Å². The van der Waals surface area contributed by atoms with Crippen molar-refractivity contribution < 1.29 is 14.0 Å². The number of nitrogens with zero attached hydrogens (tertiary/aromatic N) is 2. The zero-order chi connectivity index (χ0) is 17.9. The van der Waals surface area contributed by atoms with Gasteiger partial charge in [0.25, 0.3) is 5.91 Å². The number of hydrogen-bond acceptors (Lipinski definition) is 3. The van der Waals surface area contributed by atoms with Crippen molar-refractivity contribution in [1.82, 2.24) is 20.6 Å². The molecule has 2 aromatic rings. The molecule has 0 aliphatic rings. The molecule has 0 radical (unpaired) electrons. The molecule has 24 heavy (non-hydrogen) atoms. The fraction of sp³-hybridized carbons (Fsp3) is 0.353. The molecular formula is C17H21FN4O2. The number of halogens is 1. The summed E-state index contributed by atoms with van der Waals surface area (Å²) in [5.74, 6) is -1.50. The van der Waals surface area contributed by atoms with Gasteiger partial charge in [-0.1, -0.05) is 18.2 Å². The fourth-order valence-electron chi connectivity index (χ4n) is 2.31. The van der Waals surface area contributed by atoms with Gasteiger partial charge in [-0.05, 0) is 45.4 Å². The van der Waals surface area contributed by atoms with Crippen molar-refractivity contribution in [3.05, 3.63) is 53.1 Å². The predicted molar refractivity (Wildman–Crippen MR) is 87.7 cm³/mol. The summed E-state index contributed by atoms with van der Waals surface area (Å²) in [6.45, 7) is 7.78. The maximum Gasteiger partial charge on any atom is 0.290 e. The maximum atomic E-state index is 13.5. The first kappa shape index (κ1) is 17.7. The normalized spacial score (nSPS) is 11.2. The number of amides is 2. The SMILES string of the molecule is Cc1cc(C(=O)NNC(=O)Cc2ccccc2F)nn1C(C)(C)C. The Morgan fingerprint density at radius 3 is 2.46 bits per heavy atom. The first-order chi connectivity index (χ1) is 11.2. The third-order valence-corrected chi connectivity index (χ3v) is 3.38. The smallest absolute Gasteiger partial charge is 0.273 e. The van der Waals surface area contributed by atoms with Gasteiger partial charge < -0.3 is 0 Å². The first-order valence-corrected chi connectivity index (χ1v) is 7.58. The molecule has 1 heterocycles. The Kier molecular flexibility index (Phi) is 5.02. The van der Waals surface area contributed by atoms with Crippen LogP contribution in [0.15, 0.2) is 30.3 Å². The van der Waals surface area contributed by atoms with Gasteiger partial charge in [-0.15, -0.1) is 0 Å². The number of aryl methyl sites for hydroxylation is 1. The van der Waals surface area contributed by atoms with Crippen LogP contribution in [0, 0.1) is 12.7 Å². The van der Waals surface area contributed by atoms with Crippen LogP contribution in [-0.4, -0.2) is 21.6 Å². The van der Waals surface area contributed by atoms with Crippen molar-refractivity contribution in [2.75, 3.05) is 0 Å². The van der Waals surface area contributed by atoms with Gasteiger partial charge in [-0.3, -0.25) is 25.1 Å². The fourth-order valence-corrected chi connectivity index (χ4v) is 2.31. The van der Waals surface area contributed by atoms with E-state index >= 15 is 0 Å². The lowest BCUT2D eigenvalue weighted by atomic mass is 10.1. The van der Waals surface area contributed by atoms with Crippen molar-refractivity contribution in [1.29, 1.82) is 0 Å². The van der Waals surface area contributed by atoms with Gasteiger partial charge in [-0.25, -0.2) is 4.39 Å². The Morgan fingerprint density at radius 2 is 1.88 bits per heavy atom. The van der Waals surface area contributed by atoms with E-state index in [2.05, 4.69) is 16.0 Å². The molecule has 0 aliphatic carbocycles. The third-order valence-electron chi connectivity index (χ3n) is 3.38. The van der Waals surface area contributed by atoms with Gasteiger partial charge in [0, 0.05) is 5.69 Å². The second-order valence-corrected chi connectivity index (χ2v) is 6.52. The number of aromatic nitrogens is 2. The zero-order valence-corrected chi connectivity index (χ0v) is 14.2. The van der Waals surface area contributed by atoms with Crippen molar-refractivity contribution in [3.63, 3.8) is 0 Å². The highest BCUT2D eigenvalue weighted by Gasteiger charge is 2.20. The Morgan fingerprint density at radius 1 is 1.21 bits per heavy atom. The molecular weight excluding hydrogens is 311 g/mol. The van der Waals surface area contributed by atoms with Crippen molar-refractivity contribution in [2.24, 2.45) is 0 Å². The number of carbonyl (C=O) groups is 2. The lowest BCUT2D eigenvalue weighted by molar-refractivity contribution is -0.121. The Bertz CT molecular complexity index is 762. The first-order valence-electron chi connectivity index (χ1n) is 7.58. The predicted octanol–water partition coefficient (Wildman–Crippen LogP) is 2.09. The van der Waals surface area contributed by atoms with Crippen LogP contribution in [-0.2, 0) is 16.8 Å². The van der Waals surface area contributed by atoms with Gasteiger partial charge in [0.2, 0.25) is 5.91 Å². The summed E-state index contributed by atoms with van der Waals surface area (Å²) in [6, 6.07) is 7.64. The Balaban J connectivity index is 1.96. The summed E-state index contributed by atoms with van der Waals surface area (Å²) in [6.07, 6.45) is -0.164. The van der Waals surface area contributed by atoms with Crippen molar-refractivity contribution >= 4 is 11.8 Å². The largest absolute Gasteiger partial charge is 0.290 e. The van der Waals surface area contributed by atoms with Crippen LogP contribution in [0.1, 0.15) is 42.5 Å². The molecule has 7 heteroatoms. The molecule has 0 fully saturated rings. The minimum Gasteiger partial charge on any atom is -0.273 e. The summed E-state index contributed by atoms with van der Waals surface area (Å²) in [4.78, 5) is 23.9. The highest BCUT2D eigenvalue weighted by Crippen LogP contribution is 2.16. The number of carbonyl (C=O) groups excluding carboxylic acids is 2. The lowest BCUT2D eigenvalue weighted by Crippen LogP contribution is -2.42. The lowest BCUT2D eigenvalue weighted by Gasteiger charge is -2.21. The average molecular weight is 332 g/mol. The molecule has 1 aromatic heterocycles. The van der Waals surface area contributed by atoms with Crippen LogP contribution in [0.25, 0.3) is 0 Å². The number of nitrogens with one attached hydrogen (secondary N) is 2. The van der Waals surface area contributed by atoms with Gasteiger partial charge in [0.1, 0.15) is 5.82 Å². The standard InChI is InChI=1S/C17H21FN4O2/c1-11-9-14(21-22(11)17(2,3)4)16(24)20-19-15(23)10-12-7-5-6-8-13(12)18/h5-9H,10H2,1-4H3,(H,19,23)(H,20,24). The molecule has 0 bridgehead atoms. The van der Waals surface area contributed by atoms with E-state index < -0.39 is 17.6 Å². The van der Waals surface area contributed by atoms with Gasteiger partial charge in [0.05, 0.1) is 12.0 Å². The van der Waals surface area contributed by atoms with E-state index in [9.17, 15) is 14.0 Å². The summed E-state index contributed by atoms with van der Waals surface area (Å²) < 4.78 is 15.2. The summed E-state index contributed by atoms with van der Waals surface area (Å²) in [7, 11) is 0. The zero-order valence-electron chi connectivity index (χ0n) is 14.2. The van der Waals surface area contributed by atoms with E-state index in [0.717, 1.165) is 5.69 Å². The quantitative estimate of drug-likeness (QED) is 0.845. The highest BCUT2D eigenvalue weighted by atomic mass is 19.1. The molecule has 0 unspecified atom stereocenters. The van der Waals surface area contributed by atoms with Crippen LogP contribution in [0.3, 0.4) is 0 Å². The van der Waals surface area contributed by atoms with E-state index in [1.807, 2.05) is 27.7 Å². The van der Waals surface area contributed by atoms with E-state index in [1.54, 1.807) is 22.9 Å². The van der Waals surface area contributed by atoms with Gasteiger partial charge in [-0.2, -0.15) is 5.10 Å². The number of rotatable bonds is 3. The molecule has 0 spiro atoms. The molecule has 2 amide bonds. The molecule has 0 atom stereocenters. The van der Waals surface area contributed by atoms with E-state index in [0.29, 0.717) is 0 Å². The van der Waals surface area contributed by atoms with Crippen molar-refractivity contribution in [3.8, 4) is 0 Å². The second kappa shape index (κ2) is 6.82. The molecule has 0 aliphatic heterocycles. The topological polar surface area (TPSA) is 76.0 Å². The van der Waals surface area contributed by atoms with Crippen molar-refractivity contribution in [2.45, 2.75) is 39.7 Å². The molecule has 2 N–H and O–H groups in total. The molecule has 0 saturated heterocycles. The summed E-state index contributed by atoms with van der Waals surface area (Å²) in [5, 5.41) is 4.25. The summed E-state index contributed by atoms with van der Waals surface area (Å²) in [5.41, 5.74) is 5.61. The second-order valence-electron chi connectivity index (χ2n) is 6.52. The Labute approximate surface area is 140 Å². The highest BCUT2D eigenvalue weighted by molar-refractivity contribution is 5.93. The monoisotopic (exact) mass is 332 g/mol. The Hall–Kier alpha value is -2.70.